The zero-order valence-electron chi connectivity index (χ0n) is 12.6. The minimum Gasteiger partial charge on any atom is -0.465 e. The maximum Gasteiger partial charge on any atom is 0.329 e. The molecule has 0 saturated carbocycles. The summed E-state index contributed by atoms with van der Waals surface area (Å²) < 4.78 is 7.18. The smallest absolute Gasteiger partial charge is 0.329 e. The number of aromatic nitrogens is 2. The van der Waals surface area contributed by atoms with Crippen LogP contribution < -0.4 is 5.32 Å². The Morgan fingerprint density at radius 3 is 2.95 bits per heavy atom. The Bertz CT molecular complexity index is 563. The predicted octanol–water partition coefficient (Wildman–Crippen LogP) is 2.92. The van der Waals surface area contributed by atoms with Gasteiger partial charge < -0.3 is 9.30 Å². The van der Waals surface area contributed by atoms with Crippen molar-refractivity contribution in [3.8, 4) is 0 Å². The summed E-state index contributed by atoms with van der Waals surface area (Å²) in [6.07, 6.45) is 3.47. The number of ether oxygens (including phenoxy) is 1. The molecule has 0 aliphatic heterocycles. The van der Waals surface area contributed by atoms with Crippen LogP contribution in [0.1, 0.15) is 43.4 Å². The van der Waals surface area contributed by atoms with Crippen molar-refractivity contribution < 1.29 is 9.53 Å². The first-order valence-electron chi connectivity index (χ1n) is 7.07. The number of carbonyl (C=O) groups is 1. The minimum atomic E-state index is -0.503. The molecule has 0 radical (unpaired) electrons. The summed E-state index contributed by atoms with van der Waals surface area (Å²) in [6, 6.07) is 3.78. The van der Waals surface area contributed by atoms with Crippen LogP contribution in [-0.4, -0.2) is 22.1 Å². The second-order valence-corrected chi connectivity index (χ2v) is 6.00. The summed E-state index contributed by atoms with van der Waals surface area (Å²) in [5.74, 6) is -0.267. The van der Waals surface area contributed by atoms with Crippen molar-refractivity contribution in [2.45, 2.75) is 39.4 Å². The van der Waals surface area contributed by atoms with Crippen LogP contribution >= 0.6 is 11.3 Å². The molecular formula is C15H21N3O2S. The minimum absolute atomic E-state index is 0.239. The van der Waals surface area contributed by atoms with E-state index in [-0.39, 0.29) is 12.0 Å². The van der Waals surface area contributed by atoms with Gasteiger partial charge in [0.1, 0.15) is 6.04 Å². The molecule has 0 fully saturated rings. The summed E-state index contributed by atoms with van der Waals surface area (Å²) in [4.78, 5) is 17.6. The van der Waals surface area contributed by atoms with Gasteiger partial charge in [-0.05, 0) is 32.2 Å². The lowest BCUT2D eigenvalue weighted by atomic mass is 10.2. The van der Waals surface area contributed by atoms with Gasteiger partial charge in [0.05, 0.1) is 24.8 Å². The fourth-order valence-electron chi connectivity index (χ4n) is 2.12. The van der Waals surface area contributed by atoms with Crippen molar-refractivity contribution in [2.75, 3.05) is 6.61 Å². The quantitative estimate of drug-likeness (QED) is 0.799. The number of nitrogens with zero attached hydrogens (tertiary/aromatic N) is 2. The molecule has 2 rings (SSSR count). The highest BCUT2D eigenvalue weighted by Crippen LogP contribution is 2.20. The number of esters is 1. The summed E-state index contributed by atoms with van der Waals surface area (Å²) in [5.41, 5.74) is 0.833. The van der Waals surface area contributed by atoms with E-state index >= 15 is 0 Å². The first-order valence-corrected chi connectivity index (χ1v) is 7.95. The van der Waals surface area contributed by atoms with Crippen molar-refractivity contribution in [3.05, 3.63) is 40.6 Å². The fourth-order valence-corrected chi connectivity index (χ4v) is 2.78. The molecule has 21 heavy (non-hydrogen) atoms. The lowest BCUT2D eigenvalue weighted by Crippen LogP contribution is -2.31. The zero-order chi connectivity index (χ0) is 15.2. The third kappa shape index (κ3) is 3.92. The summed E-state index contributed by atoms with van der Waals surface area (Å²) in [6.45, 7) is 6.93. The second-order valence-electron chi connectivity index (χ2n) is 4.96. The van der Waals surface area contributed by atoms with Crippen molar-refractivity contribution in [1.82, 2.24) is 14.9 Å². The van der Waals surface area contributed by atoms with Gasteiger partial charge in [0.25, 0.3) is 0 Å². The van der Waals surface area contributed by atoms with Crippen LogP contribution in [-0.2, 0) is 16.1 Å². The average molecular weight is 307 g/mol. The van der Waals surface area contributed by atoms with Crippen molar-refractivity contribution in [2.24, 2.45) is 0 Å². The largest absolute Gasteiger partial charge is 0.465 e. The van der Waals surface area contributed by atoms with Gasteiger partial charge in [-0.3, -0.25) is 5.32 Å². The summed E-state index contributed by atoms with van der Waals surface area (Å²) in [7, 11) is 0. The third-order valence-electron chi connectivity index (χ3n) is 3.13. The molecule has 1 atom stereocenters. The molecule has 2 aromatic rings. The van der Waals surface area contributed by atoms with E-state index in [9.17, 15) is 4.79 Å². The SMILES string of the molecule is CCOC(=O)C(NCc1cccs1)c1cncn1C(C)C. The van der Waals surface area contributed by atoms with Gasteiger partial charge in [0.2, 0.25) is 0 Å². The van der Waals surface area contributed by atoms with E-state index in [0.717, 1.165) is 5.69 Å². The Kier molecular flexibility index (Phi) is 5.52. The molecule has 6 heteroatoms. The van der Waals surface area contributed by atoms with Gasteiger partial charge in [-0.25, -0.2) is 9.78 Å². The van der Waals surface area contributed by atoms with Crippen LogP contribution in [0.15, 0.2) is 30.0 Å². The Labute approximate surface area is 129 Å². The van der Waals surface area contributed by atoms with Crippen LogP contribution in [0.2, 0.25) is 0 Å². The van der Waals surface area contributed by atoms with E-state index < -0.39 is 6.04 Å². The standard InChI is InChI=1S/C15H21N3O2S/c1-4-20-15(19)14(17-8-12-6-5-7-21-12)13-9-16-10-18(13)11(2)3/h5-7,9-11,14,17H,4,8H2,1-3H3. The van der Waals surface area contributed by atoms with E-state index in [1.165, 1.54) is 4.88 Å². The molecular weight excluding hydrogens is 286 g/mol. The number of rotatable bonds is 7. The molecule has 0 aliphatic rings. The summed E-state index contributed by atoms with van der Waals surface area (Å²) >= 11 is 1.66. The Morgan fingerprint density at radius 2 is 2.33 bits per heavy atom. The van der Waals surface area contributed by atoms with Crippen LogP contribution in [0.25, 0.3) is 0 Å². The average Bonchev–Trinajstić information content (AvgIpc) is 3.09. The molecule has 0 amide bonds. The summed E-state index contributed by atoms with van der Waals surface area (Å²) in [5, 5.41) is 5.30. The molecule has 0 aromatic carbocycles. The molecule has 0 bridgehead atoms. The lowest BCUT2D eigenvalue weighted by Gasteiger charge is -2.20. The lowest BCUT2D eigenvalue weighted by molar-refractivity contribution is -0.146. The first-order chi connectivity index (χ1) is 10.1. The zero-order valence-corrected chi connectivity index (χ0v) is 13.4. The van der Waals surface area contributed by atoms with E-state index in [1.54, 1.807) is 23.9 Å². The Hall–Kier alpha value is -1.66. The maximum absolute atomic E-state index is 12.3. The van der Waals surface area contributed by atoms with Gasteiger partial charge in [-0.15, -0.1) is 11.3 Å². The Balaban J connectivity index is 2.18. The molecule has 2 heterocycles. The van der Waals surface area contributed by atoms with Crippen molar-refractivity contribution in [1.29, 1.82) is 0 Å². The van der Waals surface area contributed by atoms with Crippen LogP contribution in [0.5, 0.6) is 0 Å². The molecule has 0 spiro atoms. The van der Waals surface area contributed by atoms with Gasteiger partial charge in [-0.1, -0.05) is 6.07 Å². The molecule has 1 N–H and O–H groups in total. The van der Waals surface area contributed by atoms with Crippen LogP contribution in [0, 0.1) is 0 Å². The number of imidazole rings is 1. The number of thiophene rings is 1. The third-order valence-corrected chi connectivity index (χ3v) is 4.01. The van der Waals surface area contributed by atoms with Crippen molar-refractivity contribution in [3.63, 3.8) is 0 Å². The highest BCUT2D eigenvalue weighted by atomic mass is 32.1. The molecule has 114 valence electrons. The van der Waals surface area contributed by atoms with E-state index in [0.29, 0.717) is 13.2 Å². The highest BCUT2D eigenvalue weighted by molar-refractivity contribution is 7.09. The fraction of sp³-hybridized carbons (Fsp3) is 0.467. The predicted molar refractivity (Wildman–Crippen MR) is 83.1 cm³/mol. The van der Waals surface area contributed by atoms with E-state index in [2.05, 4.69) is 24.1 Å². The monoisotopic (exact) mass is 307 g/mol. The number of nitrogens with one attached hydrogen (secondary N) is 1. The number of hydrogen-bond donors (Lipinski definition) is 1. The first kappa shape index (κ1) is 15.7. The number of hydrogen-bond acceptors (Lipinski definition) is 5. The van der Waals surface area contributed by atoms with E-state index in [4.69, 9.17) is 4.74 Å². The number of carbonyl (C=O) groups excluding carboxylic acids is 1. The highest BCUT2D eigenvalue weighted by Gasteiger charge is 2.25. The molecule has 2 aromatic heterocycles. The molecule has 0 saturated heterocycles. The maximum atomic E-state index is 12.3. The normalized spacial score (nSPS) is 12.6. The van der Waals surface area contributed by atoms with Gasteiger partial charge in [0.15, 0.2) is 0 Å². The topological polar surface area (TPSA) is 56.1 Å². The Morgan fingerprint density at radius 1 is 1.52 bits per heavy atom. The molecule has 5 nitrogen and oxygen atoms in total. The molecule has 1 unspecified atom stereocenters. The van der Waals surface area contributed by atoms with Gasteiger partial charge in [0, 0.05) is 17.5 Å². The van der Waals surface area contributed by atoms with Crippen LogP contribution in [0.3, 0.4) is 0 Å². The van der Waals surface area contributed by atoms with Crippen molar-refractivity contribution >= 4 is 17.3 Å². The second kappa shape index (κ2) is 7.38. The van der Waals surface area contributed by atoms with Gasteiger partial charge >= 0.3 is 5.97 Å². The van der Waals surface area contributed by atoms with Gasteiger partial charge in [-0.2, -0.15) is 0 Å². The van der Waals surface area contributed by atoms with E-state index in [1.807, 2.05) is 29.0 Å². The van der Waals surface area contributed by atoms with Crippen LogP contribution in [0.4, 0.5) is 0 Å². The molecule has 0 aliphatic carbocycles.